The average Bonchev–Trinajstić information content (AvgIpc) is 2.57. The van der Waals surface area contributed by atoms with Gasteiger partial charge >= 0.3 is 0 Å². The van der Waals surface area contributed by atoms with Crippen LogP contribution in [0.3, 0.4) is 0 Å². The molecule has 0 radical (unpaired) electrons. The summed E-state index contributed by atoms with van der Waals surface area (Å²) in [5.74, 6) is 0. The Kier molecular flexibility index (Phi) is 2.17. The van der Waals surface area contributed by atoms with Gasteiger partial charge in [-0.25, -0.2) is 9.97 Å². The second-order valence-electron chi connectivity index (χ2n) is 2.96. The first-order valence-electron chi connectivity index (χ1n) is 4.15. The predicted octanol–water partition coefficient (Wildman–Crippen LogP) is 1.51. The lowest BCUT2D eigenvalue weighted by Crippen LogP contribution is -2.11. The molecule has 72 valence electrons. The summed E-state index contributed by atoms with van der Waals surface area (Å²) in [5.41, 5.74) is 1.94. The Morgan fingerprint density at radius 3 is 2.86 bits per heavy atom. The minimum atomic E-state index is -0.111. The molecule has 0 spiro atoms. The van der Waals surface area contributed by atoms with Gasteiger partial charge in [0.15, 0.2) is 0 Å². The molecule has 2 heterocycles. The molecule has 2 aromatic heterocycles. The van der Waals surface area contributed by atoms with Gasteiger partial charge in [0.25, 0.3) is 5.56 Å². The van der Waals surface area contributed by atoms with E-state index in [1.165, 1.54) is 6.33 Å². The van der Waals surface area contributed by atoms with Crippen molar-refractivity contribution in [2.45, 2.75) is 13.8 Å². The van der Waals surface area contributed by atoms with E-state index in [0.29, 0.717) is 11.3 Å². The number of thiazole rings is 1. The van der Waals surface area contributed by atoms with E-state index in [0.717, 1.165) is 10.7 Å². The second-order valence-corrected chi connectivity index (χ2v) is 4.02. The monoisotopic (exact) mass is 207 g/mol. The van der Waals surface area contributed by atoms with Crippen molar-refractivity contribution in [3.05, 3.63) is 32.6 Å². The zero-order chi connectivity index (χ0) is 10.1. The number of nitrogens with one attached hydrogen (secondary N) is 1. The number of aromatic amines is 1. The van der Waals surface area contributed by atoms with Crippen LogP contribution in [0.25, 0.3) is 11.4 Å². The van der Waals surface area contributed by atoms with E-state index >= 15 is 0 Å². The van der Waals surface area contributed by atoms with E-state index in [-0.39, 0.29) is 5.56 Å². The van der Waals surface area contributed by atoms with Gasteiger partial charge in [0, 0.05) is 10.9 Å². The lowest BCUT2D eigenvalue weighted by Gasteiger charge is -1.98. The van der Waals surface area contributed by atoms with Crippen molar-refractivity contribution in [3.8, 4) is 11.4 Å². The van der Waals surface area contributed by atoms with Gasteiger partial charge in [0.2, 0.25) is 0 Å². The number of rotatable bonds is 1. The number of hydrogen-bond acceptors (Lipinski definition) is 4. The van der Waals surface area contributed by atoms with Crippen LogP contribution in [0.5, 0.6) is 0 Å². The predicted molar refractivity (Wildman–Crippen MR) is 55.4 cm³/mol. The summed E-state index contributed by atoms with van der Waals surface area (Å²) in [7, 11) is 0. The van der Waals surface area contributed by atoms with Gasteiger partial charge in [-0.1, -0.05) is 0 Å². The Morgan fingerprint density at radius 1 is 1.43 bits per heavy atom. The average molecular weight is 207 g/mol. The maximum absolute atomic E-state index is 11.3. The molecule has 0 bridgehead atoms. The molecule has 0 aliphatic rings. The molecule has 0 saturated carbocycles. The third-order valence-electron chi connectivity index (χ3n) is 1.95. The highest BCUT2D eigenvalue weighted by Crippen LogP contribution is 2.19. The molecule has 0 unspecified atom stereocenters. The van der Waals surface area contributed by atoms with E-state index in [1.807, 2.05) is 12.3 Å². The Morgan fingerprint density at radius 2 is 2.21 bits per heavy atom. The van der Waals surface area contributed by atoms with Gasteiger partial charge in [-0.2, -0.15) is 0 Å². The zero-order valence-electron chi connectivity index (χ0n) is 7.87. The zero-order valence-corrected chi connectivity index (χ0v) is 8.68. The van der Waals surface area contributed by atoms with Crippen molar-refractivity contribution < 1.29 is 0 Å². The lowest BCUT2D eigenvalue weighted by molar-refractivity contribution is 1.07. The quantitative estimate of drug-likeness (QED) is 0.771. The SMILES string of the molecule is Cc1nc(-c2nc[nH]c(=O)c2C)cs1. The van der Waals surface area contributed by atoms with Crippen LogP contribution in [0.1, 0.15) is 10.6 Å². The van der Waals surface area contributed by atoms with Crippen molar-refractivity contribution in [2.75, 3.05) is 0 Å². The van der Waals surface area contributed by atoms with Gasteiger partial charge in [-0.15, -0.1) is 11.3 Å². The Balaban J connectivity index is 2.63. The first kappa shape index (κ1) is 9.08. The second kappa shape index (κ2) is 3.34. The van der Waals surface area contributed by atoms with Crippen molar-refractivity contribution in [2.24, 2.45) is 0 Å². The smallest absolute Gasteiger partial charge is 0.254 e. The van der Waals surface area contributed by atoms with Crippen molar-refractivity contribution in [3.63, 3.8) is 0 Å². The van der Waals surface area contributed by atoms with E-state index in [2.05, 4.69) is 15.0 Å². The van der Waals surface area contributed by atoms with Crippen LogP contribution in [-0.2, 0) is 0 Å². The molecule has 0 atom stereocenters. The maximum atomic E-state index is 11.3. The summed E-state index contributed by atoms with van der Waals surface area (Å²) >= 11 is 1.55. The molecule has 2 rings (SSSR count). The summed E-state index contributed by atoms with van der Waals surface area (Å²) in [6.07, 6.45) is 1.40. The van der Waals surface area contributed by atoms with E-state index < -0.39 is 0 Å². The number of H-pyrrole nitrogens is 1. The fourth-order valence-corrected chi connectivity index (χ4v) is 1.80. The van der Waals surface area contributed by atoms with Gasteiger partial charge in [0.05, 0.1) is 17.0 Å². The van der Waals surface area contributed by atoms with Gasteiger partial charge in [-0.3, -0.25) is 4.79 Å². The van der Waals surface area contributed by atoms with Crippen LogP contribution in [0, 0.1) is 13.8 Å². The maximum Gasteiger partial charge on any atom is 0.254 e. The van der Waals surface area contributed by atoms with Crippen molar-refractivity contribution in [1.29, 1.82) is 0 Å². The summed E-state index contributed by atoms with van der Waals surface area (Å²) < 4.78 is 0. The molecule has 1 N–H and O–H groups in total. The summed E-state index contributed by atoms with van der Waals surface area (Å²) in [4.78, 5) is 22.2. The fraction of sp³-hybridized carbons (Fsp3) is 0.222. The molecule has 0 aliphatic carbocycles. The molecule has 0 aromatic carbocycles. The third-order valence-corrected chi connectivity index (χ3v) is 2.72. The van der Waals surface area contributed by atoms with Gasteiger partial charge in [-0.05, 0) is 13.8 Å². The van der Waals surface area contributed by atoms with Crippen LogP contribution in [0.4, 0.5) is 0 Å². The van der Waals surface area contributed by atoms with Gasteiger partial charge in [0.1, 0.15) is 5.69 Å². The molecule has 5 heteroatoms. The minimum Gasteiger partial charge on any atom is -0.313 e. The molecular formula is C9H9N3OS. The van der Waals surface area contributed by atoms with Crippen LogP contribution in [0.15, 0.2) is 16.5 Å². The lowest BCUT2D eigenvalue weighted by atomic mass is 10.2. The summed E-state index contributed by atoms with van der Waals surface area (Å²) in [5, 5.41) is 2.88. The molecule has 0 saturated heterocycles. The molecule has 14 heavy (non-hydrogen) atoms. The Hall–Kier alpha value is -1.49. The Labute approximate surface area is 84.7 Å². The molecule has 0 fully saturated rings. The highest BCUT2D eigenvalue weighted by atomic mass is 32.1. The normalized spacial score (nSPS) is 10.4. The summed E-state index contributed by atoms with van der Waals surface area (Å²) in [6, 6.07) is 0. The number of aryl methyl sites for hydroxylation is 1. The molecule has 4 nitrogen and oxygen atoms in total. The first-order valence-corrected chi connectivity index (χ1v) is 5.03. The van der Waals surface area contributed by atoms with Crippen molar-refractivity contribution >= 4 is 11.3 Å². The number of nitrogens with zero attached hydrogens (tertiary/aromatic N) is 2. The van der Waals surface area contributed by atoms with Crippen LogP contribution < -0.4 is 5.56 Å². The minimum absolute atomic E-state index is 0.111. The molecule has 2 aromatic rings. The van der Waals surface area contributed by atoms with Crippen LogP contribution in [-0.4, -0.2) is 15.0 Å². The Bertz CT molecular complexity index is 515. The molecular weight excluding hydrogens is 198 g/mol. The molecule has 0 amide bonds. The topological polar surface area (TPSA) is 58.6 Å². The first-order chi connectivity index (χ1) is 6.68. The van der Waals surface area contributed by atoms with E-state index in [1.54, 1.807) is 18.3 Å². The summed E-state index contributed by atoms with van der Waals surface area (Å²) in [6.45, 7) is 3.67. The van der Waals surface area contributed by atoms with E-state index in [9.17, 15) is 4.79 Å². The standard InChI is InChI=1S/C9H9N3OS/c1-5-8(10-4-11-9(5)13)7-3-14-6(2)12-7/h3-4H,1-2H3,(H,10,11,13). The largest absolute Gasteiger partial charge is 0.313 e. The fourth-order valence-electron chi connectivity index (χ4n) is 1.20. The van der Waals surface area contributed by atoms with E-state index in [4.69, 9.17) is 0 Å². The highest BCUT2D eigenvalue weighted by molar-refractivity contribution is 7.09. The number of aromatic nitrogens is 3. The van der Waals surface area contributed by atoms with Crippen LogP contribution in [0.2, 0.25) is 0 Å². The van der Waals surface area contributed by atoms with Crippen LogP contribution >= 0.6 is 11.3 Å². The van der Waals surface area contributed by atoms with Crippen molar-refractivity contribution in [1.82, 2.24) is 15.0 Å². The number of hydrogen-bond donors (Lipinski definition) is 1. The third kappa shape index (κ3) is 1.46. The van der Waals surface area contributed by atoms with Gasteiger partial charge < -0.3 is 4.98 Å². The molecule has 0 aliphatic heterocycles. The highest BCUT2D eigenvalue weighted by Gasteiger charge is 2.08.